The van der Waals surface area contributed by atoms with Gasteiger partial charge in [-0.25, -0.2) is 0 Å². The molecule has 0 saturated heterocycles. The second-order valence-corrected chi connectivity index (χ2v) is 6.87. The van der Waals surface area contributed by atoms with Crippen molar-refractivity contribution in [3.8, 4) is 0 Å². The summed E-state index contributed by atoms with van der Waals surface area (Å²) in [5, 5.41) is 2.70. The second kappa shape index (κ2) is 12.6. The van der Waals surface area contributed by atoms with Crippen molar-refractivity contribution in [3.05, 3.63) is 60.2 Å². The number of hydrogen-bond donors (Lipinski definition) is 1. The van der Waals surface area contributed by atoms with E-state index in [1.54, 1.807) is 35.6 Å². The number of aromatic nitrogens is 2. The van der Waals surface area contributed by atoms with Crippen LogP contribution < -0.4 is 5.32 Å². The van der Waals surface area contributed by atoms with Gasteiger partial charge in [0.1, 0.15) is 0 Å². The van der Waals surface area contributed by atoms with Crippen molar-refractivity contribution in [1.29, 1.82) is 0 Å². The van der Waals surface area contributed by atoms with E-state index in [4.69, 9.17) is 0 Å². The molecule has 0 aliphatic carbocycles. The van der Waals surface area contributed by atoms with E-state index in [0.29, 0.717) is 18.7 Å². The summed E-state index contributed by atoms with van der Waals surface area (Å²) in [4.78, 5) is 34.7. The first kappa shape index (κ1) is 21.5. The van der Waals surface area contributed by atoms with Crippen molar-refractivity contribution in [2.75, 3.05) is 13.1 Å². The van der Waals surface area contributed by atoms with Crippen molar-refractivity contribution in [2.45, 2.75) is 52.0 Å². The number of rotatable bonds is 12. The zero-order valence-electron chi connectivity index (χ0n) is 16.6. The quantitative estimate of drug-likeness (QED) is 0.569. The molecule has 0 radical (unpaired) electrons. The lowest BCUT2D eigenvalue weighted by atomic mass is 10.1. The average molecular weight is 383 g/mol. The SMILES string of the molecule is CCCCCCCCN(Cc1cccnc1)C(=O)CNC(=O)c1cccnc1. The Morgan fingerprint density at radius 2 is 1.68 bits per heavy atom. The Bertz CT molecular complexity index is 707. The molecule has 6 nitrogen and oxygen atoms in total. The van der Waals surface area contributed by atoms with Crippen LogP contribution in [0.2, 0.25) is 0 Å². The van der Waals surface area contributed by atoms with Crippen LogP contribution in [0.15, 0.2) is 49.1 Å². The zero-order chi connectivity index (χ0) is 20.0. The van der Waals surface area contributed by atoms with Crippen molar-refractivity contribution in [2.24, 2.45) is 0 Å². The van der Waals surface area contributed by atoms with Gasteiger partial charge in [-0.3, -0.25) is 19.6 Å². The first-order chi connectivity index (χ1) is 13.7. The smallest absolute Gasteiger partial charge is 0.253 e. The minimum Gasteiger partial charge on any atom is -0.343 e. The zero-order valence-corrected chi connectivity index (χ0v) is 16.6. The van der Waals surface area contributed by atoms with Crippen molar-refractivity contribution in [3.63, 3.8) is 0 Å². The molecule has 2 rings (SSSR count). The molecular formula is C22H30N4O2. The van der Waals surface area contributed by atoms with Gasteiger partial charge in [-0.15, -0.1) is 0 Å². The summed E-state index contributed by atoms with van der Waals surface area (Å²) >= 11 is 0. The molecule has 0 saturated carbocycles. The summed E-state index contributed by atoms with van der Waals surface area (Å²) in [5.74, 6) is -0.378. The number of hydrogen-bond acceptors (Lipinski definition) is 4. The highest BCUT2D eigenvalue weighted by molar-refractivity contribution is 5.96. The molecule has 2 heterocycles. The molecule has 0 unspecified atom stereocenters. The van der Waals surface area contributed by atoms with Gasteiger partial charge in [0.05, 0.1) is 12.1 Å². The second-order valence-electron chi connectivity index (χ2n) is 6.87. The minimum absolute atomic E-state index is 0.0240. The Morgan fingerprint density at radius 3 is 2.36 bits per heavy atom. The van der Waals surface area contributed by atoms with Gasteiger partial charge in [-0.05, 0) is 30.2 Å². The molecule has 0 atom stereocenters. The van der Waals surface area contributed by atoms with Crippen molar-refractivity contribution in [1.82, 2.24) is 20.2 Å². The average Bonchev–Trinajstić information content (AvgIpc) is 2.74. The fraction of sp³-hybridized carbons (Fsp3) is 0.455. The predicted octanol–water partition coefficient (Wildman–Crippen LogP) is 3.60. The van der Waals surface area contributed by atoms with E-state index in [0.717, 1.165) is 18.4 Å². The van der Waals surface area contributed by atoms with Crippen LogP contribution in [0.4, 0.5) is 0 Å². The number of amides is 2. The van der Waals surface area contributed by atoms with Gasteiger partial charge in [-0.1, -0.05) is 45.1 Å². The maximum absolute atomic E-state index is 12.7. The van der Waals surface area contributed by atoms with Crippen molar-refractivity contribution >= 4 is 11.8 Å². The monoisotopic (exact) mass is 382 g/mol. The van der Waals surface area contributed by atoms with Gasteiger partial charge in [-0.2, -0.15) is 0 Å². The Morgan fingerprint density at radius 1 is 0.964 bits per heavy atom. The number of carbonyl (C=O) groups is 2. The standard InChI is InChI=1S/C22H30N4O2/c1-2-3-4-5-6-7-14-26(18-19-10-8-12-23-15-19)21(27)17-25-22(28)20-11-9-13-24-16-20/h8-13,15-16H,2-7,14,17-18H2,1H3,(H,25,28). The molecule has 0 spiro atoms. The number of unbranched alkanes of at least 4 members (excludes halogenated alkanes) is 5. The third kappa shape index (κ3) is 7.86. The minimum atomic E-state index is -0.289. The molecule has 0 aliphatic rings. The van der Waals surface area contributed by atoms with Gasteiger partial charge in [0.2, 0.25) is 5.91 Å². The first-order valence-electron chi connectivity index (χ1n) is 10.1. The summed E-state index contributed by atoms with van der Waals surface area (Å²) in [6.07, 6.45) is 13.6. The Hall–Kier alpha value is -2.76. The molecule has 150 valence electrons. The lowest BCUT2D eigenvalue weighted by Crippen LogP contribution is -2.40. The molecule has 2 aromatic rings. The molecule has 0 aliphatic heterocycles. The van der Waals surface area contributed by atoms with Crippen LogP contribution in [0.1, 0.15) is 61.4 Å². The highest BCUT2D eigenvalue weighted by Gasteiger charge is 2.15. The Labute approximate surface area is 167 Å². The van der Waals surface area contributed by atoms with Crippen LogP contribution in [0.3, 0.4) is 0 Å². The molecule has 2 amide bonds. The van der Waals surface area contributed by atoms with E-state index < -0.39 is 0 Å². The summed E-state index contributed by atoms with van der Waals surface area (Å²) in [6.45, 7) is 3.37. The lowest BCUT2D eigenvalue weighted by Gasteiger charge is -2.23. The molecule has 0 bridgehead atoms. The van der Waals surface area contributed by atoms with E-state index in [1.165, 1.54) is 31.9 Å². The van der Waals surface area contributed by atoms with E-state index in [1.807, 2.05) is 12.1 Å². The topological polar surface area (TPSA) is 75.2 Å². The Kier molecular flexibility index (Phi) is 9.69. The van der Waals surface area contributed by atoms with Gasteiger partial charge in [0, 0.05) is 37.9 Å². The van der Waals surface area contributed by atoms with Crippen LogP contribution in [0, 0.1) is 0 Å². The summed E-state index contributed by atoms with van der Waals surface area (Å²) < 4.78 is 0. The molecule has 0 aromatic carbocycles. The molecule has 2 aromatic heterocycles. The normalized spacial score (nSPS) is 10.5. The maximum atomic E-state index is 12.7. The Balaban J connectivity index is 1.87. The first-order valence-corrected chi connectivity index (χ1v) is 10.1. The number of carbonyl (C=O) groups excluding carboxylic acids is 2. The maximum Gasteiger partial charge on any atom is 0.253 e. The number of nitrogens with zero attached hydrogens (tertiary/aromatic N) is 3. The third-order valence-corrected chi connectivity index (χ3v) is 4.55. The summed E-state index contributed by atoms with van der Waals surface area (Å²) in [6, 6.07) is 7.20. The van der Waals surface area contributed by atoms with Crippen LogP contribution >= 0.6 is 0 Å². The van der Waals surface area contributed by atoms with Crippen LogP contribution in [-0.4, -0.2) is 39.8 Å². The van der Waals surface area contributed by atoms with E-state index >= 15 is 0 Å². The van der Waals surface area contributed by atoms with E-state index in [9.17, 15) is 9.59 Å². The van der Waals surface area contributed by atoms with Gasteiger partial charge >= 0.3 is 0 Å². The van der Waals surface area contributed by atoms with E-state index in [2.05, 4.69) is 22.2 Å². The number of pyridine rings is 2. The highest BCUT2D eigenvalue weighted by Crippen LogP contribution is 2.09. The summed E-state index contributed by atoms with van der Waals surface area (Å²) in [7, 11) is 0. The van der Waals surface area contributed by atoms with Crippen LogP contribution in [-0.2, 0) is 11.3 Å². The van der Waals surface area contributed by atoms with E-state index in [-0.39, 0.29) is 18.4 Å². The van der Waals surface area contributed by atoms with Gasteiger partial charge in [0.25, 0.3) is 5.91 Å². The number of nitrogens with one attached hydrogen (secondary N) is 1. The summed E-state index contributed by atoms with van der Waals surface area (Å²) in [5.41, 5.74) is 1.44. The molecular weight excluding hydrogens is 352 g/mol. The van der Waals surface area contributed by atoms with Crippen LogP contribution in [0.5, 0.6) is 0 Å². The van der Waals surface area contributed by atoms with Gasteiger partial charge < -0.3 is 10.2 Å². The molecule has 28 heavy (non-hydrogen) atoms. The molecule has 0 fully saturated rings. The van der Waals surface area contributed by atoms with Gasteiger partial charge in [0.15, 0.2) is 0 Å². The predicted molar refractivity (Wildman–Crippen MR) is 110 cm³/mol. The fourth-order valence-electron chi connectivity index (χ4n) is 2.95. The lowest BCUT2D eigenvalue weighted by molar-refractivity contribution is -0.130. The third-order valence-electron chi connectivity index (χ3n) is 4.55. The van der Waals surface area contributed by atoms with Crippen molar-refractivity contribution < 1.29 is 9.59 Å². The molecule has 6 heteroatoms. The highest BCUT2D eigenvalue weighted by atomic mass is 16.2. The fourth-order valence-corrected chi connectivity index (χ4v) is 2.95. The van der Waals surface area contributed by atoms with Crippen LogP contribution in [0.25, 0.3) is 0 Å². The largest absolute Gasteiger partial charge is 0.343 e. The molecule has 1 N–H and O–H groups in total.